The third kappa shape index (κ3) is 5.81. The lowest BCUT2D eigenvalue weighted by Crippen LogP contribution is -2.38. The van der Waals surface area contributed by atoms with Gasteiger partial charge in [0.25, 0.3) is 0 Å². The maximum absolute atomic E-state index is 12.1. The van der Waals surface area contributed by atoms with Gasteiger partial charge in [0.1, 0.15) is 0 Å². The predicted molar refractivity (Wildman–Crippen MR) is 101 cm³/mol. The second-order valence-electron chi connectivity index (χ2n) is 7.26. The molecule has 1 aromatic carbocycles. The molecule has 0 aromatic heterocycles. The molecule has 134 valence electrons. The van der Waals surface area contributed by atoms with Gasteiger partial charge in [0.05, 0.1) is 17.3 Å². The van der Waals surface area contributed by atoms with Crippen molar-refractivity contribution in [1.29, 1.82) is 0 Å². The van der Waals surface area contributed by atoms with Gasteiger partial charge in [0.15, 0.2) is 9.84 Å². The number of rotatable bonds is 7. The van der Waals surface area contributed by atoms with Crippen LogP contribution >= 0.6 is 11.8 Å². The quantitative estimate of drug-likeness (QED) is 0.803. The first-order chi connectivity index (χ1) is 11.2. The van der Waals surface area contributed by atoms with E-state index < -0.39 is 9.84 Å². The van der Waals surface area contributed by atoms with Crippen LogP contribution < -0.4 is 5.32 Å². The molecule has 6 heteroatoms. The van der Waals surface area contributed by atoms with Crippen molar-refractivity contribution in [2.75, 3.05) is 17.3 Å². The highest BCUT2D eigenvalue weighted by Crippen LogP contribution is 2.28. The van der Waals surface area contributed by atoms with Gasteiger partial charge in [0.2, 0.25) is 5.91 Å². The normalized spacial score (nSPS) is 21.4. The standard InChI is InChI=1S/C18H27NO3S2/c1-14(11-18(2,3)15-7-5-4-6-8-15)19-17(20)12-23-16-9-10-24(21,22)13-16/h4-8,14,16H,9-13H2,1-3H3,(H,19,20)/t14-,16+/m0/s1. The first-order valence-electron chi connectivity index (χ1n) is 8.35. The topological polar surface area (TPSA) is 63.2 Å². The zero-order chi connectivity index (χ0) is 17.8. The van der Waals surface area contributed by atoms with Gasteiger partial charge in [-0.15, -0.1) is 11.8 Å². The summed E-state index contributed by atoms with van der Waals surface area (Å²) in [4.78, 5) is 12.1. The summed E-state index contributed by atoms with van der Waals surface area (Å²) < 4.78 is 22.9. The fourth-order valence-electron chi connectivity index (χ4n) is 3.23. The number of thioether (sulfide) groups is 1. The van der Waals surface area contributed by atoms with Gasteiger partial charge >= 0.3 is 0 Å². The molecule has 0 spiro atoms. The van der Waals surface area contributed by atoms with E-state index >= 15 is 0 Å². The molecule has 1 fully saturated rings. The van der Waals surface area contributed by atoms with Crippen LogP contribution in [0, 0.1) is 0 Å². The van der Waals surface area contributed by atoms with E-state index in [1.165, 1.54) is 17.3 Å². The van der Waals surface area contributed by atoms with Crippen molar-refractivity contribution in [1.82, 2.24) is 5.32 Å². The second-order valence-corrected chi connectivity index (χ2v) is 10.8. The summed E-state index contributed by atoms with van der Waals surface area (Å²) in [7, 11) is -2.87. The summed E-state index contributed by atoms with van der Waals surface area (Å²) in [5.74, 6) is 0.784. The van der Waals surface area contributed by atoms with E-state index in [2.05, 4.69) is 31.3 Å². The van der Waals surface area contributed by atoms with E-state index in [9.17, 15) is 13.2 Å². The van der Waals surface area contributed by atoms with Gasteiger partial charge < -0.3 is 5.32 Å². The Morgan fingerprint density at radius 3 is 2.58 bits per heavy atom. The second kappa shape index (κ2) is 7.91. The number of benzene rings is 1. The van der Waals surface area contributed by atoms with Crippen molar-refractivity contribution in [3.05, 3.63) is 35.9 Å². The maximum Gasteiger partial charge on any atom is 0.230 e. The lowest BCUT2D eigenvalue weighted by molar-refractivity contribution is -0.119. The maximum atomic E-state index is 12.1. The molecule has 1 amide bonds. The molecule has 1 aromatic rings. The average molecular weight is 370 g/mol. The molecule has 2 rings (SSSR count). The Morgan fingerprint density at radius 2 is 2.00 bits per heavy atom. The third-order valence-electron chi connectivity index (χ3n) is 4.42. The van der Waals surface area contributed by atoms with Crippen LogP contribution in [0.2, 0.25) is 0 Å². The first kappa shape index (κ1) is 19.3. The van der Waals surface area contributed by atoms with Crippen LogP contribution in [-0.2, 0) is 20.0 Å². The fraction of sp³-hybridized carbons (Fsp3) is 0.611. The van der Waals surface area contributed by atoms with Crippen LogP contribution in [0.4, 0.5) is 0 Å². The summed E-state index contributed by atoms with van der Waals surface area (Å²) >= 11 is 1.46. The molecule has 4 nitrogen and oxygen atoms in total. The van der Waals surface area contributed by atoms with E-state index in [-0.39, 0.29) is 34.1 Å². The minimum Gasteiger partial charge on any atom is -0.353 e. The number of carbonyl (C=O) groups excluding carboxylic acids is 1. The van der Waals surface area contributed by atoms with Gasteiger partial charge in [-0.05, 0) is 30.7 Å². The summed E-state index contributed by atoms with van der Waals surface area (Å²) in [6.45, 7) is 6.39. The molecule has 0 radical (unpaired) electrons. The molecule has 0 aliphatic carbocycles. The lowest BCUT2D eigenvalue weighted by atomic mass is 9.79. The Hall–Kier alpha value is -1.01. The Bertz CT molecular complexity index is 656. The molecule has 2 atom stereocenters. The van der Waals surface area contributed by atoms with Gasteiger partial charge in [-0.25, -0.2) is 8.42 Å². The third-order valence-corrected chi connectivity index (χ3v) is 7.70. The molecule has 0 saturated carbocycles. The SMILES string of the molecule is C[C@@H](CC(C)(C)c1ccccc1)NC(=O)CS[C@@H]1CCS(=O)(=O)C1. The van der Waals surface area contributed by atoms with Crippen molar-refractivity contribution >= 4 is 27.5 Å². The Labute approximate surface area is 149 Å². The summed E-state index contributed by atoms with van der Waals surface area (Å²) in [6.07, 6.45) is 1.52. The molecule has 0 unspecified atom stereocenters. The summed E-state index contributed by atoms with van der Waals surface area (Å²) in [5, 5.41) is 3.11. The highest BCUT2D eigenvalue weighted by atomic mass is 32.2. The van der Waals surface area contributed by atoms with Crippen molar-refractivity contribution in [3.8, 4) is 0 Å². The van der Waals surface area contributed by atoms with Crippen LogP contribution in [0.15, 0.2) is 30.3 Å². The van der Waals surface area contributed by atoms with Crippen LogP contribution in [0.3, 0.4) is 0 Å². The molecule has 0 bridgehead atoms. The zero-order valence-electron chi connectivity index (χ0n) is 14.6. The largest absolute Gasteiger partial charge is 0.353 e. The molecule has 1 heterocycles. The van der Waals surface area contributed by atoms with Gasteiger partial charge in [-0.2, -0.15) is 0 Å². The number of sulfone groups is 1. The average Bonchev–Trinajstić information content (AvgIpc) is 2.85. The van der Waals surface area contributed by atoms with E-state index in [1.54, 1.807) is 0 Å². The Kier molecular flexibility index (Phi) is 6.37. The van der Waals surface area contributed by atoms with E-state index in [0.717, 1.165) is 6.42 Å². The van der Waals surface area contributed by atoms with Gasteiger partial charge in [-0.1, -0.05) is 44.2 Å². The van der Waals surface area contributed by atoms with Crippen molar-refractivity contribution in [2.45, 2.75) is 50.3 Å². The number of amides is 1. The fourth-order valence-corrected chi connectivity index (χ4v) is 6.68. The van der Waals surface area contributed by atoms with Crippen LogP contribution in [0.5, 0.6) is 0 Å². The molecule has 1 aliphatic rings. The number of carbonyl (C=O) groups is 1. The van der Waals surface area contributed by atoms with E-state index in [0.29, 0.717) is 12.2 Å². The lowest BCUT2D eigenvalue weighted by Gasteiger charge is -2.29. The smallest absolute Gasteiger partial charge is 0.230 e. The van der Waals surface area contributed by atoms with E-state index in [4.69, 9.17) is 0 Å². The molecule has 24 heavy (non-hydrogen) atoms. The minimum absolute atomic E-state index is 0.0133. The predicted octanol–water partition coefficient (Wildman–Crippen LogP) is 2.78. The molecule has 1 N–H and O–H groups in total. The molecule has 1 aliphatic heterocycles. The van der Waals surface area contributed by atoms with Crippen molar-refractivity contribution in [3.63, 3.8) is 0 Å². The first-order valence-corrected chi connectivity index (χ1v) is 11.2. The van der Waals surface area contributed by atoms with E-state index in [1.807, 2.05) is 25.1 Å². The molecular formula is C18H27NO3S2. The number of hydrogen-bond donors (Lipinski definition) is 1. The van der Waals surface area contributed by atoms with Crippen LogP contribution in [-0.4, -0.2) is 42.9 Å². The summed E-state index contributed by atoms with van der Waals surface area (Å²) in [5.41, 5.74) is 1.25. The van der Waals surface area contributed by atoms with Gasteiger partial charge in [-0.3, -0.25) is 4.79 Å². The molecule has 1 saturated heterocycles. The monoisotopic (exact) mass is 369 g/mol. The van der Waals surface area contributed by atoms with Crippen molar-refractivity contribution < 1.29 is 13.2 Å². The highest BCUT2D eigenvalue weighted by Gasteiger charge is 2.29. The number of nitrogens with one attached hydrogen (secondary N) is 1. The minimum atomic E-state index is -2.87. The summed E-state index contributed by atoms with van der Waals surface area (Å²) in [6, 6.07) is 10.4. The molecular weight excluding hydrogens is 342 g/mol. The highest BCUT2D eigenvalue weighted by molar-refractivity contribution is 8.02. The van der Waals surface area contributed by atoms with Crippen molar-refractivity contribution in [2.24, 2.45) is 0 Å². The van der Waals surface area contributed by atoms with Crippen LogP contribution in [0.1, 0.15) is 39.2 Å². The zero-order valence-corrected chi connectivity index (χ0v) is 16.3. The van der Waals surface area contributed by atoms with Crippen LogP contribution in [0.25, 0.3) is 0 Å². The number of hydrogen-bond acceptors (Lipinski definition) is 4. The Balaban J connectivity index is 1.77. The van der Waals surface area contributed by atoms with Gasteiger partial charge in [0, 0.05) is 11.3 Å². The Morgan fingerprint density at radius 1 is 1.33 bits per heavy atom.